The molecule has 0 aliphatic rings. The van der Waals surface area contributed by atoms with Crippen molar-refractivity contribution in [3.05, 3.63) is 30.1 Å². The van der Waals surface area contributed by atoms with Gasteiger partial charge in [0.05, 0.1) is 5.69 Å². The van der Waals surface area contributed by atoms with Crippen LogP contribution in [0.3, 0.4) is 0 Å². The lowest BCUT2D eigenvalue weighted by Gasteiger charge is -2.24. The number of rotatable bonds is 2. The minimum Gasteiger partial charge on any atom is -0.293 e. The summed E-state index contributed by atoms with van der Waals surface area (Å²) in [5.74, 6) is -0.449. The third kappa shape index (κ3) is 2.23. The highest BCUT2D eigenvalue weighted by Crippen LogP contribution is 2.22. The van der Waals surface area contributed by atoms with Gasteiger partial charge < -0.3 is 0 Å². The number of nitrogens with zero attached hydrogens (tertiary/aromatic N) is 1. The van der Waals surface area contributed by atoms with E-state index in [0.717, 1.165) is 0 Å². The van der Waals surface area contributed by atoms with Gasteiger partial charge in [-0.25, -0.2) is 4.39 Å². The van der Waals surface area contributed by atoms with Crippen molar-refractivity contribution in [2.45, 2.75) is 19.9 Å². The number of anilines is 1. The maximum absolute atomic E-state index is 13.3. The van der Waals surface area contributed by atoms with Gasteiger partial charge >= 0.3 is 5.37 Å². The fourth-order valence-electron chi connectivity index (χ4n) is 1.22. The van der Waals surface area contributed by atoms with Gasteiger partial charge in [-0.3, -0.25) is 9.69 Å². The molecular formula is C10H11ClFNO. The number of amides is 1. The average Bonchev–Trinajstić information content (AvgIpc) is 2.07. The van der Waals surface area contributed by atoms with Crippen molar-refractivity contribution in [1.29, 1.82) is 0 Å². The van der Waals surface area contributed by atoms with Crippen molar-refractivity contribution in [3.8, 4) is 0 Å². The fraction of sp³-hybridized carbons (Fsp3) is 0.300. The van der Waals surface area contributed by atoms with Crippen molar-refractivity contribution >= 4 is 22.7 Å². The summed E-state index contributed by atoms with van der Waals surface area (Å²) >= 11 is 5.37. The van der Waals surface area contributed by atoms with Gasteiger partial charge in [-0.2, -0.15) is 0 Å². The number of hydrogen-bond acceptors (Lipinski definition) is 1. The molecule has 0 spiro atoms. The van der Waals surface area contributed by atoms with Crippen LogP contribution >= 0.6 is 11.6 Å². The third-order valence-corrected chi connectivity index (χ3v) is 2.00. The molecule has 1 aromatic rings. The highest BCUT2D eigenvalue weighted by molar-refractivity contribution is 6.66. The Kier molecular flexibility index (Phi) is 3.47. The first kappa shape index (κ1) is 11.0. The van der Waals surface area contributed by atoms with E-state index >= 15 is 0 Å². The zero-order valence-electron chi connectivity index (χ0n) is 8.00. The lowest BCUT2D eigenvalue weighted by molar-refractivity contribution is 0.262. The Hall–Kier alpha value is -1.09. The van der Waals surface area contributed by atoms with Gasteiger partial charge in [0.15, 0.2) is 0 Å². The molecule has 0 radical (unpaired) electrons. The van der Waals surface area contributed by atoms with E-state index < -0.39 is 11.2 Å². The van der Waals surface area contributed by atoms with Crippen LogP contribution in [0, 0.1) is 5.82 Å². The van der Waals surface area contributed by atoms with Crippen molar-refractivity contribution in [2.75, 3.05) is 4.90 Å². The van der Waals surface area contributed by atoms with Gasteiger partial charge in [0.1, 0.15) is 5.82 Å². The standard InChI is InChI=1S/C10H11ClFNO/c1-7(2)13(10(11)14)9-6-4-3-5-8(9)12/h3-7H,1-2H3. The minimum atomic E-state index is -0.676. The summed E-state index contributed by atoms with van der Waals surface area (Å²) in [6, 6.07) is 5.88. The number of carbonyl (C=O) groups is 1. The summed E-state index contributed by atoms with van der Waals surface area (Å²) in [6.45, 7) is 3.54. The van der Waals surface area contributed by atoms with Crippen LogP contribution in [-0.2, 0) is 0 Å². The van der Waals surface area contributed by atoms with E-state index in [1.165, 1.54) is 17.0 Å². The largest absolute Gasteiger partial charge is 0.321 e. The predicted molar refractivity (Wildman–Crippen MR) is 55.3 cm³/mol. The molecule has 1 aromatic carbocycles. The maximum atomic E-state index is 13.3. The van der Waals surface area contributed by atoms with E-state index in [-0.39, 0.29) is 11.7 Å². The van der Waals surface area contributed by atoms with Crippen LogP contribution in [0.5, 0.6) is 0 Å². The van der Waals surface area contributed by atoms with E-state index in [0.29, 0.717) is 0 Å². The molecule has 14 heavy (non-hydrogen) atoms. The first-order valence-electron chi connectivity index (χ1n) is 4.27. The van der Waals surface area contributed by atoms with Gasteiger partial charge in [-0.1, -0.05) is 12.1 Å². The molecule has 0 bridgehead atoms. The highest BCUT2D eigenvalue weighted by Gasteiger charge is 2.19. The topological polar surface area (TPSA) is 20.3 Å². The Morgan fingerprint density at radius 2 is 2.00 bits per heavy atom. The lowest BCUT2D eigenvalue weighted by Crippen LogP contribution is -2.33. The van der Waals surface area contributed by atoms with Gasteiger partial charge in [-0.05, 0) is 37.6 Å². The smallest absolute Gasteiger partial charge is 0.293 e. The highest BCUT2D eigenvalue weighted by atomic mass is 35.5. The van der Waals surface area contributed by atoms with Crippen molar-refractivity contribution in [3.63, 3.8) is 0 Å². The molecule has 1 amide bonds. The van der Waals surface area contributed by atoms with Gasteiger partial charge in [0.25, 0.3) is 0 Å². The molecule has 76 valence electrons. The lowest BCUT2D eigenvalue weighted by atomic mass is 10.2. The number of halogens is 2. The molecule has 2 nitrogen and oxygen atoms in total. The van der Waals surface area contributed by atoms with E-state index in [1.54, 1.807) is 26.0 Å². The van der Waals surface area contributed by atoms with Gasteiger partial charge in [-0.15, -0.1) is 0 Å². The molecule has 0 saturated heterocycles. The minimum absolute atomic E-state index is 0.170. The normalized spacial score (nSPS) is 10.4. The van der Waals surface area contributed by atoms with Crippen LogP contribution < -0.4 is 4.90 Å². The summed E-state index contributed by atoms with van der Waals surface area (Å²) in [4.78, 5) is 12.3. The zero-order chi connectivity index (χ0) is 10.7. The van der Waals surface area contributed by atoms with E-state index in [4.69, 9.17) is 11.6 Å². The van der Waals surface area contributed by atoms with Crippen LogP contribution in [0.4, 0.5) is 14.9 Å². The fourth-order valence-corrected chi connectivity index (χ4v) is 1.51. The number of hydrogen-bond donors (Lipinski definition) is 0. The van der Waals surface area contributed by atoms with Crippen LogP contribution in [0.2, 0.25) is 0 Å². The van der Waals surface area contributed by atoms with Crippen molar-refractivity contribution < 1.29 is 9.18 Å². The molecule has 4 heteroatoms. The number of para-hydroxylation sites is 1. The summed E-state index contributed by atoms with van der Waals surface area (Å²) in [5.41, 5.74) is 0.211. The summed E-state index contributed by atoms with van der Waals surface area (Å²) in [6.07, 6.45) is 0. The number of benzene rings is 1. The maximum Gasteiger partial charge on any atom is 0.321 e. The predicted octanol–water partition coefficient (Wildman–Crippen LogP) is 3.40. The Labute approximate surface area is 87.3 Å². The molecule has 0 aliphatic heterocycles. The van der Waals surface area contributed by atoms with Crippen molar-refractivity contribution in [1.82, 2.24) is 0 Å². The molecule has 0 atom stereocenters. The van der Waals surface area contributed by atoms with Crippen LogP contribution in [0.15, 0.2) is 24.3 Å². The summed E-state index contributed by atoms with van der Waals surface area (Å²) in [5, 5.41) is -0.676. The van der Waals surface area contributed by atoms with Crippen molar-refractivity contribution in [2.24, 2.45) is 0 Å². The van der Waals surface area contributed by atoms with E-state index in [1.807, 2.05) is 0 Å². The monoisotopic (exact) mass is 215 g/mol. The average molecular weight is 216 g/mol. The molecule has 0 aliphatic carbocycles. The molecule has 0 fully saturated rings. The summed E-state index contributed by atoms with van der Waals surface area (Å²) < 4.78 is 13.3. The Morgan fingerprint density at radius 3 is 2.43 bits per heavy atom. The van der Waals surface area contributed by atoms with Crippen LogP contribution in [0.1, 0.15) is 13.8 Å². The molecule has 1 rings (SSSR count). The quantitative estimate of drug-likeness (QED) is 0.547. The van der Waals surface area contributed by atoms with Crippen LogP contribution in [-0.4, -0.2) is 11.4 Å². The second-order valence-electron chi connectivity index (χ2n) is 3.17. The Balaban J connectivity index is 3.12. The molecular weight excluding hydrogens is 205 g/mol. The molecule has 0 saturated carbocycles. The van der Waals surface area contributed by atoms with Gasteiger partial charge in [0, 0.05) is 6.04 Å². The van der Waals surface area contributed by atoms with E-state index in [9.17, 15) is 9.18 Å². The van der Waals surface area contributed by atoms with Gasteiger partial charge in [0.2, 0.25) is 0 Å². The molecule has 0 unspecified atom stereocenters. The second kappa shape index (κ2) is 4.42. The molecule has 0 heterocycles. The summed E-state index contributed by atoms with van der Waals surface area (Å²) in [7, 11) is 0. The SMILES string of the molecule is CC(C)N(C(=O)Cl)c1ccccc1F. The molecule has 0 aromatic heterocycles. The van der Waals surface area contributed by atoms with Crippen LogP contribution in [0.25, 0.3) is 0 Å². The molecule has 0 N–H and O–H groups in total. The Morgan fingerprint density at radius 1 is 1.43 bits per heavy atom. The first-order chi connectivity index (χ1) is 6.54. The Bertz CT molecular complexity index is 341. The third-order valence-electron chi connectivity index (χ3n) is 1.82. The number of carbonyl (C=O) groups excluding carboxylic acids is 1. The second-order valence-corrected chi connectivity index (χ2v) is 3.49. The first-order valence-corrected chi connectivity index (χ1v) is 4.65. The zero-order valence-corrected chi connectivity index (χ0v) is 8.75. The van der Waals surface area contributed by atoms with E-state index in [2.05, 4.69) is 0 Å².